The molecule has 0 radical (unpaired) electrons. The van der Waals surface area contributed by atoms with Crippen LogP contribution in [0.5, 0.6) is 5.75 Å². The molecule has 1 aromatic carbocycles. The quantitative estimate of drug-likeness (QED) is 0.715. The molecular formula is C10H12N2O2. The number of ether oxygens (including phenoxy) is 1. The van der Waals surface area contributed by atoms with Crippen molar-refractivity contribution in [3.63, 3.8) is 0 Å². The van der Waals surface area contributed by atoms with Crippen LogP contribution in [0.1, 0.15) is 10.4 Å². The third-order valence-corrected chi connectivity index (χ3v) is 2.19. The Morgan fingerprint density at radius 2 is 2.00 bits per heavy atom. The lowest BCUT2D eigenvalue weighted by molar-refractivity contribution is 0.1000. The molecule has 1 heterocycles. The average Bonchev–Trinajstić information content (AvgIpc) is 2.12. The Labute approximate surface area is 82.1 Å². The van der Waals surface area contributed by atoms with Crippen LogP contribution in [0.25, 0.3) is 0 Å². The van der Waals surface area contributed by atoms with E-state index in [-0.39, 0.29) is 6.10 Å². The lowest BCUT2D eigenvalue weighted by atomic mass is 10.2. The fourth-order valence-corrected chi connectivity index (χ4v) is 1.24. The summed E-state index contributed by atoms with van der Waals surface area (Å²) < 4.78 is 5.57. The fourth-order valence-electron chi connectivity index (χ4n) is 1.24. The van der Waals surface area contributed by atoms with E-state index in [0.29, 0.717) is 5.56 Å². The van der Waals surface area contributed by atoms with Crippen LogP contribution in [0.2, 0.25) is 0 Å². The van der Waals surface area contributed by atoms with Gasteiger partial charge in [-0.05, 0) is 24.3 Å². The minimum absolute atomic E-state index is 0.259. The van der Waals surface area contributed by atoms with Crippen molar-refractivity contribution in [3.8, 4) is 5.75 Å². The van der Waals surface area contributed by atoms with Gasteiger partial charge in [0.25, 0.3) is 0 Å². The van der Waals surface area contributed by atoms with Gasteiger partial charge >= 0.3 is 0 Å². The third-order valence-electron chi connectivity index (χ3n) is 2.19. The number of hydrogen-bond acceptors (Lipinski definition) is 3. The normalized spacial score (nSPS) is 16.0. The number of nitrogens with two attached hydrogens (primary N) is 1. The first kappa shape index (κ1) is 9.02. The molecule has 1 aliphatic heterocycles. The van der Waals surface area contributed by atoms with E-state index in [9.17, 15) is 4.79 Å². The molecule has 3 N–H and O–H groups in total. The van der Waals surface area contributed by atoms with Crippen molar-refractivity contribution in [1.82, 2.24) is 5.32 Å². The van der Waals surface area contributed by atoms with Gasteiger partial charge in [0.05, 0.1) is 0 Å². The van der Waals surface area contributed by atoms with Crippen LogP contribution >= 0.6 is 0 Å². The second-order valence-electron chi connectivity index (χ2n) is 3.29. The van der Waals surface area contributed by atoms with E-state index in [0.717, 1.165) is 18.8 Å². The van der Waals surface area contributed by atoms with Gasteiger partial charge in [0, 0.05) is 18.7 Å². The van der Waals surface area contributed by atoms with Crippen molar-refractivity contribution in [1.29, 1.82) is 0 Å². The highest BCUT2D eigenvalue weighted by atomic mass is 16.5. The van der Waals surface area contributed by atoms with Crippen molar-refractivity contribution in [2.24, 2.45) is 5.73 Å². The van der Waals surface area contributed by atoms with Crippen molar-refractivity contribution >= 4 is 5.91 Å². The van der Waals surface area contributed by atoms with Crippen LogP contribution in [0, 0.1) is 0 Å². The second-order valence-corrected chi connectivity index (χ2v) is 3.29. The topological polar surface area (TPSA) is 64.4 Å². The van der Waals surface area contributed by atoms with Gasteiger partial charge in [0.2, 0.25) is 5.91 Å². The third kappa shape index (κ3) is 1.85. The predicted octanol–water partition coefficient (Wildman–Crippen LogP) is 0.136. The molecule has 1 saturated heterocycles. The van der Waals surface area contributed by atoms with Crippen LogP contribution in [0.3, 0.4) is 0 Å². The zero-order valence-corrected chi connectivity index (χ0v) is 7.69. The Balaban J connectivity index is 2.01. The number of primary amides is 1. The molecule has 0 bridgehead atoms. The van der Waals surface area contributed by atoms with E-state index >= 15 is 0 Å². The Morgan fingerprint density at radius 1 is 1.36 bits per heavy atom. The number of nitrogens with one attached hydrogen (secondary N) is 1. The summed E-state index contributed by atoms with van der Waals surface area (Å²) in [4.78, 5) is 10.8. The molecule has 0 aliphatic carbocycles. The fraction of sp³-hybridized carbons (Fsp3) is 0.300. The van der Waals surface area contributed by atoms with Crippen LogP contribution in [-0.4, -0.2) is 25.1 Å². The van der Waals surface area contributed by atoms with Crippen molar-refractivity contribution in [2.45, 2.75) is 6.10 Å². The number of rotatable bonds is 3. The van der Waals surface area contributed by atoms with E-state index in [1.807, 2.05) is 0 Å². The number of benzene rings is 1. The summed E-state index contributed by atoms with van der Waals surface area (Å²) >= 11 is 0. The molecule has 0 saturated carbocycles. The smallest absolute Gasteiger partial charge is 0.248 e. The number of carbonyl (C=O) groups excluding carboxylic acids is 1. The van der Waals surface area contributed by atoms with Crippen LogP contribution in [0.4, 0.5) is 0 Å². The maximum Gasteiger partial charge on any atom is 0.248 e. The molecule has 4 nitrogen and oxygen atoms in total. The molecule has 2 rings (SSSR count). The SMILES string of the molecule is NC(=O)c1ccc(OC2CNC2)cc1. The Hall–Kier alpha value is -1.55. The molecular weight excluding hydrogens is 180 g/mol. The highest BCUT2D eigenvalue weighted by Crippen LogP contribution is 2.14. The first-order valence-corrected chi connectivity index (χ1v) is 4.53. The Kier molecular flexibility index (Phi) is 2.37. The zero-order chi connectivity index (χ0) is 9.97. The summed E-state index contributed by atoms with van der Waals surface area (Å²) in [6, 6.07) is 6.87. The van der Waals surface area contributed by atoms with E-state index in [2.05, 4.69) is 5.32 Å². The summed E-state index contributed by atoms with van der Waals surface area (Å²) in [6.07, 6.45) is 0.259. The van der Waals surface area contributed by atoms with Crippen LogP contribution in [-0.2, 0) is 0 Å². The van der Waals surface area contributed by atoms with Gasteiger partial charge in [-0.15, -0.1) is 0 Å². The van der Waals surface area contributed by atoms with Crippen molar-refractivity contribution in [3.05, 3.63) is 29.8 Å². The van der Waals surface area contributed by atoms with Gasteiger partial charge in [-0.1, -0.05) is 0 Å². The highest BCUT2D eigenvalue weighted by Gasteiger charge is 2.17. The summed E-state index contributed by atoms with van der Waals surface area (Å²) in [5.74, 6) is 0.364. The van der Waals surface area contributed by atoms with Gasteiger partial charge in [-0.3, -0.25) is 4.79 Å². The number of hydrogen-bond donors (Lipinski definition) is 2. The largest absolute Gasteiger partial charge is 0.488 e. The van der Waals surface area contributed by atoms with Gasteiger partial charge in [0.15, 0.2) is 0 Å². The van der Waals surface area contributed by atoms with Gasteiger partial charge < -0.3 is 15.8 Å². The standard InChI is InChI=1S/C10H12N2O2/c11-10(13)7-1-3-8(4-2-7)14-9-5-12-6-9/h1-4,9,12H,5-6H2,(H2,11,13). The molecule has 74 valence electrons. The second kappa shape index (κ2) is 3.67. The summed E-state index contributed by atoms with van der Waals surface area (Å²) in [5.41, 5.74) is 5.62. The summed E-state index contributed by atoms with van der Waals surface area (Å²) in [7, 11) is 0. The molecule has 1 fully saturated rings. The van der Waals surface area contributed by atoms with Crippen LogP contribution < -0.4 is 15.8 Å². The maximum absolute atomic E-state index is 10.8. The zero-order valence-electron chi connectivity index (χ0n) is 7.69. The first-order chi connectivity index (χ1) is 6.75. The molecule has 1 aliphatic rings. The molecule has 0 atom stereocenters. The molecule has 0 unspecified atom stereocenters. The maximum atomic E-state index is 10.8. The van der Waals surface area contributed by atoms with E-state index in [1.54, 1.807) is 24.3 Å². The van der Waals surface area contributed by atoms with Crippen LogP contribution in [0.15, 0.2) is 24.3 Å². The molecule has 0 aromatic heterocycles. The lowest BCUT2D eigenvalue weighted by Crippen LogP contribution is -2.50. The van der Waals surface area contributed by atoms with Gasteiger partial charge in [-0.25, -0.2) is 0 Å². The summed E-state index contributed by atoms with van der Waals surface area (Å²) in [5, 5.41) is 3.11. The lowest BCUT2D eigenvalue weighted by Gasteiger charge is -2.27. The minimum atomic E-state index is -0.415. The molecule has 1 aromatic rings. The highest BCUT2D eigenvalue weighted by molar-refractivity contribution is 5.92. The van der Waals surface area contributed by atoms with E-state index in [1.165, 1.54) is 0 Å². The van der Waals surface area contributed by atoms with Gasteiger partial charge in [0.1, 0.15) is 11.9 Å². The Morgan fingerprint density at radius 3 is 2.43 bits per heavy atom. The van der Waals surface area contributed by atoms with Crippen molar-refractivity contribution in [2.75, 3.05) is 13.1 Å². The number of amides is 1. The van der Waals surface area contributed by atoms with Crippen molar-refractivity contribution < 1.29 is 9.53 Å². The monoisotopic (exact) mass is 192 g/mol. The Bertz CT molecular complexity index is 330. The molecule has 4 heteroatoms. The summed E-state index contributed by atoms with van der Waals surface area (Å²) in [6.45, 7) is 1.77. The molecule has 1 amide bonds. The van der Waals surface area contributed by atoms with E-state index < -0.39 is 5.91 Å². The molecule has 0 spiro atoms. The van der Waals surface area contributed by atoms with E-state index in [4.69, 9.17) is 10.5 Å². The minimum Gasteiger partial charge on any atom is -0.488 e. The average molecular weight is 192 g/mol. The van der Waals surface area contributed by atoms with Gasteiger partial charge in [-0.2, -0.15) is 0 Å². The number of carbonyl (C=O) groups is 1. The molecule has 14 heavy (non-hydrogen) atoms. The first-order valence-electron chi connectivity index (χ1n) is 4.53. The predicted molar refractivity (Wildman–Crippen MR) is 52.2 cm³/mol.